The van der Waals surface area contributed by atoms with E-state index in [2.05, 4.69) is 16.8 Å². The number of aliphatic hydroxyl groups excluding tert-OH is 1. The Kier molecular flexibility index (Phi) is 3.88. The second kappa shape index (κ2) is 5.24. The van der Waals surface area contributed by atoms with Crippen molar-refractivity contribution in [1.82, 2.24) is 4.90 Å². The largest absolute Gasteiger partial charge is 0.389 e. The van der Waals surface area contributed by atoms with E-state index in [4.69, 9.17) is 0 Å². The number of rotatable bonds is 2. The molecule has 1 atom stereocenters. The Balaban J connectivity index is 2.33. The van der Waals surface area contributed by atoms with Gasteiger partial charge in [0.2, 0.25) is 0 Å². The molecule has 1 saturated heterocycles. The van der Waals surface area contributed by atoms with Crippen molar-refractivity contribution in [3.8, 4) is 0 Å². The Bertz CT molecular complexity index is 426. The Hall–Kier alpha value is -1.13. The lowest BCUT2D eigenvalue weighted by atomic mass is 10.0. The van der Waals surface area contributed by atoms with Crippen molar-refractivity contribution >= 4 is 5.69 Å². The Morgan fingerprint density at radius 1 is 1.22 bits per heavy atom. The van der Waals surface area contributed by atoms with Gasteiger partial charge in [-0.3, -0.25) is 0 Å². The Morgan fingerprint density at radius 3 is 2.39 bits per heavy atom. The lowest BCUT2D eigenvalue weighted by Gasteiger charge is -2.35. The fraction of sp³-hybridized carbons (Fsp3) is 0.571. The van der Waals surface area contributed by atoms with Crippen molar-refractivity contribution in [3.05, 3.63) is 29.1 Å². The fourth-order valence-electron chi connectivity index (χ4n) is 2.34. The molecule has 4 heteroatoms. The number of benzene rings is 1. The molecular formula is C14H21FN2O. The summed E-state index contributed by atoms with van der Waals surface area (Å²) >= 11 is 0. The zero-order valence-electron chi connectivity index (χ0n) is 11.3. The Labute approximate surface area is 108 Å². The molecule has 0 unspecified atom stereocenters. The molecular weight excluding hydrogens is 231 g/mol. The van der Waals surface area contributed by atoms with Crippen LogP contribution in [0.5, 0.6) is 0 Å². The van der Waals surface area contributed by atoms with Gasteiger partial charge in [0, 0.05) is 37.4 Å². The predicted octanol–water partition coefficient (Wildman–Crippen LogP) is 1.94. The van der Waals surface area contributed by atoms with Crippen LogP contribution >= 0.6 is 0 Å². The van der Waals surface area contributed by atoms with E-state index >= 15 is 0 Å². The van der Waals surface area contributed by atoms with Crippen molar-refractivity contribution in [3.63, 3.8) is 0 Å². The molecule has 100 valence electrons. The number of hydrogen-bond donors (Lipinski definition) is 1. The summed E-state index contributed by atoms with van der Waals surface area (Å²) in [5.41, 5.74) is 2.29. The van der Waals surface area contributed by atoms with E-state index in [1.807, 2.05) is 6.07 Å². The molecule has 0 bridgehead atoms. The smallest absolute Gasteiger partial charge is 0.126 e. The minimum atomic E-state index is -0.644. The first-order valence-electron chi connectivity index (χ1n) is 6.40. The van der Waals surface area contributed by atoms with Crippen molar-refractivity contribution in [1.29, 1.82) is 0 Å². The third kappa shape index (κ3) is 2.65. The minimum absolute atomic E-state index is 0.247. The van der Waals surface area contributed by atoms with Crippen LogP contribution in [0.15, 0.2) is 12.1 Å². The fourth-order valence-corrected chi connectivity index (χ4v) is 2.34. The standard InChI is InChI=1S/C14H21FN2O/c1-10-8-14(12(11(2)18)9-13(10)15)17-6-4-16(3)5-7-17/h8-9,11,18H,4-7H2,1-3H3/t11-/m0/s1. The van der Waals surface area contributed by atoms with Crippen LogP contribution in [0.4, 0.5) is 10.1 Å². The van der Waals surface area contributed by atoms with Gasteiger partial charge in [0.25, 0.3) is 0 Å². The molecule has 18 heavy (non-hydrogen) atoms. The molecule has 1 aromatic carbocycles. The first-order chi connectivity index (χ1) is 8.49. The molecule has 1 N–H and O–H groups in total. The summed E-state index contributed by atoms with van der Waals surface area (Å²) < 4.78 is 13.6. The van der Waals surface area contributed by atoms with Crippen LogP contribution in [0.1, 0.15) is 24.2 Å². The summed E-state index contributed by atoms with van der Waals surface area (Å²) in [5.74, 6) is -0.247. The van der Waals surface area contributed by atoms with Crippen molar-refractivity contribution in [2.45, 2.75) is 20.0 Å². The lowest BCUT2D eigenvalue weighted by molar-refractivity contribution is 0.198. The minimum Gasteiger partial charge on any atom is -0.389 e. The van der Waals surface area contributed by atoms with Crippen LogP contribution in [0.25, 0.3) is 0 Å². The monoisotopic (exact) mass is 252 g/mol. The average molecular weight is 252 g/mol. The summed E-state index contributed by atoms with van der Waals surface area (Å²) in [6.45, 7) is 7.28. The summed E-state index contributed by atoms with van der Waals surface area (Å²) in [6, 6.07) is 3.32. The summed E-state index contributed by atoms with van der Waals surface area (Å²) in [7, 11) is 2.10. The van der Waals surface area contributed by atoms with E-state index in [1.165, 1.54) is 6.07 Å². The van der Waals surface area contributed by atoms with Crippen LogP contribution in [-0.4, -0.2) is 43.2 Å². The van der Waals surface area contributed by atoms with Gasteiger partial charge in [-0.05, 0) is 38.6 Å². The van der Waals surface area contributed by atoms with Gasteiger partial charge in [-0.2, -0.15) is 0 Å². The number of piperazine rings is 1. The van der Waals surface area contributed by atoms with Crippen LogP contribution in [0, 0.1) is 12.7 Å². The van der Waals surface area contributed by atoms with Gasteiger partial charge >= 0.3 is 0 Å². The van der Waals surface area contributed by atoms with Crippen LogP contribution in [0.2, 0.25) is 0 Å². The molecule has 1 aliphatic heterocycles. The number of anilines is 1. The highest BCUT2D eigenvalue weighted by Gasteiger charge is 2.20. The zero-order chi connectivity index (χ0) is 13.3. The van der Waals surface area contributed by atoms with Crippen LogP contribution < -0.4 is 4.90 Å². The molecule has 0 saturated carbocycles. The van der Waals surface area contributed by atoms with Crippen LogP contribution in [-0.2, 0) is 0 Å². The van der Waals surface area contributed by atoms with E-state index in [0.29, 0.717) is 11.1 Å². The van der Waals surface area contributed by atoms with Gasteiger partial charge in [-0.25, -0.2) is 4.39 Å². The van der Waals surface area contributed by atoms with Gasteiger partial charge in [-0.15, -0.1) is 0 Å². The first kappa shape index (κ1) is 13.3. The molecule has 1 heterocycles. The third-order valence-electron chi connectivity index (χ3n) is 3.60. The highest BCUT2D eigenvalue weighted by Crippen LogP contribution is 2.29. The average Bonchev–Trinajstić information content (AvgIpc) is 2.33. The van der Waals surface area contributed by atoms with E-state index in [9.17, 15) is 9.50 Å². The quantitative estimate of drug-likeness (QED) is 0.871. The van der Waals surface area contributed by atoms with Gasteiger partial charge in [0.15, 0.2) is 0 Å². The Morgan fingerprint density at radius 2 is 1.83 bits per heavy atom. The second-order valence-electron chi connectivity index (χ2n) is 5.13. The number of aliphatic hydroxyl groups is 1. The zero-order valence-corrected chi connectivity index (χ0v) is 11.3. The van der Waals surface area contributed by atoms with E-state index in [1.54, 1.807) is 13.8 Å². The second-order valence-corrected chi connectivity index (χ2v) is 5.13. The molecule has 1 fully saturated rings. The molecule has 2 rings (SSSR count). The predicted molar refractivity (Wildman–Crippen MR) is 71.5 cm³/mol. The highest BCUT2D eigenvalue weighted by atomic mass is 19.1. The SMILES string of the molecule is Cc1cc(N2CCN(C)CC2)c([C@H](C)O)cc1F. The summed E-state index contributed by atoms with van der Waals surface area (Å²) in [6.07, 6.45) is -0.644. The molecule has 3 nitrogen and oxygen atoms in total. The topological polar surface area (TPSA) is 26.7 Å². The number of halogens is 1. The van der Waals surface area contributed by atoms with E-state index < -0.39 is 6.10 Å². The molecule has 0 aliphatic carbocycles. The highest BCUT2D eigenvalue weighted by molar-refractivity contribution is 5.57. The third-order valence-corrected chi connectivity index (χ3v) is 3.60. The van der Waals surface area contributed by atoms with Gasteiger partial charge in [0.05, 0.1) is 6.10 Å². The lowest BCUT2D eigenvalue weighted by Crippen LogP contribution is -2.45. The van der Waals surface area contributed by atoms with Gasteiger partial charge in [-0.1, -0.05) is 0 Å². The summed E-state index contributed by atoms with van der Waals surface area (Å²) in [4.78, 5) is 4.50. The van der Waals surface area contributed by atoms with Crippen molar-refractivity contribution in [2.24, 2.45) is 0 Å². The van der Waals surface area contributed by atoms with Gasteiger partial charge in [0.1, 0.15) is 5.82 Å². The molecule has 0 amide bonds. The summed E-state index contributed by atoms with van der Waals surface area (Å²) in [5, 5.41) is 9.80. The maximum absolute atomic E-state index is 13.6. The molecule has 1 aliphatic rings. The van der Waals surface area contributed by atoms with E-state index in [-0.39, 0.29) is 5.82 Å². The molecule has 0 spiro atoms. The molecule has 0 radical (unpaired) electrons. The maximum Gasteiger partial charge on any atom is 0.126 e. The molecule has 1 aromatic rings. The van der Waals surface area contributed by atoms with Crippen molar-refractivity contribution in [2.75, 3.05) is 38.1 Å². The number of likely N-dealkylation sites (N-methyl/N-ethyl adjacent to an activating group) is 1. The van der Waals surface area contributed by atoms with Gasteiger partial charge < -0.3 is 14.9 Å². The number of aryl methyl sites for hydroxylation is 1. The maximum atomic E-state index is 13.6. The van der Waals surface area contributed by atoms with Crippen LogP contribution in [0.3, 0.4) is 0 Å². The normalized spacial score (nSPS) is 19.1. The first-order valence-corrected chi connectivity index (χ1v) is 6.40. The number of nitrogens with zero attached hydrogens (tertiary/aromatic N) is 2. The van der Waals surface area contributed by atoms with Crippen molar-refractivity contribution < 1.29 is 9.50 Å². The van der Waals surface area contributed by atoms with E-state index in [0.717, 1.165) is 31.9 Å². The molecule has 0 aromatic heterocycles. The number of hydrogen-bond acceptors (Lipinski definition) is 3.